The van der Waals surface area contributed by atoms with Crippen LogP contribution >= 0.6 is 22.6 Å². The van der Waals surface area contributed by atoms with E-state index in [1.54, 1.807) is 12.1 Å². The van der Waals surface area contributed by atoms with Crippen LogP contribution in [0.15, 0.2) is 22.8 Å². The van der Waals surface area contributed by atoms with Gasteiger partial charge in [0.2, 0.25) is 0 Å². The lowest BCUT2D eigenvalue weighted by atomic mass is 10.4. The Morgan fingerprint density at radius 2 is 2.60 bits per heavy atom. The first-order chi connectivity index (χ1) is 4.84. The van der Waals surface area contributed by atoms with E-state index >= 15 is 0 Å². The van der Waals surface area contributed by atoms with Gasteiger partial charge >= 0.3 is 0 Å². The maximum atomic E-state index is 10.9. The molecule has 1 aromatic heterocycles. The molecule has 0 atom stereocenters. The van der Waals surface area contributed by atoms with Crippen molar-refractivity contribution in [1.29, 1.82) is 0 Å². The van der Waals surface area contributed by atoms with E-state index in [-0.39, 0.29) is 5.91 Å². The summed E-state index contributed by atoms with van der Waals surface area (Å²) in [6.45, 7) is 0. The van der Waals surface area contributed by atoms with Gasteiger partial charge < -0.3 is 9.73 Å². The highest BCUT2D eigenvalue weighted by molar-refractivity contribution is 14.1. The van der Waals surface area contributed by atoms with Crippen molar-refractivity contribution >= 4 is 28.5 Å². The minimum Gasteiger partial charge on any atom is -0.459 e. The molecule has 0 aliphatic rings. The van der Waals surface area contributed by atoms with Crippen LogP contribution in [0.4, 0.5) is 0 Å². The molecule has 1 amide bonds. The second-order valence-electron chi connectivity index (χ2n) is 1.62. The van der Waals surface area contributed by atoms with Crippen LogP contribution in [0.25, 0.3) is 0 Å². The molecule has 0 aromatic carbocycles. The minimum absolute atomic E-state index is 0.167. The molecular formula is C6H6INO2. The van der Waals surface area contributed by atoms with Crippen LogP contribution in [0, 0.1) is 0 Å². The Balaban J connectivity index is 2.59. The molecule has 1 N–H and O–H groups in total. The van der Waals surface area contributed by atoms with E-state index in [1.165, 1.54) is 6.26 Å². The van der Waals surface area contributed by atoms with Crippen LogP contribution in [0.2, 0.25) is 0 Å². The maximum absolute atomic E-state index is 10.9. The molecule has 4 heteroatoms. The highest BCUT2D eigenvalue weighted by Crippen LogP contribution is 1.98. The monoisotopic (exact) mass is 251 g/mol. The van der Waals surface area contributed by atoms with Gasteiger partial charge in [0.25, 0.3) is 5.91 Å². The fourth-order valence-corrected chi connectivity index (χ4v) is 0.902. The fourth-order valence-electron chi connectivity index (χ4n) is 0.556. The van der Waals surface area contributed by atoms with Crippen molar-refractivity contribution in [3.05, 3.63) is 24.2 Å². The molecule has 10 heavy (non-hydrogen) atoms. The summed E-state index contributed by atoms with van der Waals surface area (Å²) < 4.78 is 5.43. The summed E-state index contributed by atoms with van der Waals surface area (Å²) in [6, 6.07) is 3.31. The summed E-state index contributed by atoms with van der Waals surface area (Å²) in [5.41, 5.74) is 0. The van der Waals surface area contributed by atoms with Crippen molar-refractivity contribution in [2.24, 2.45) is 0 Å². The molecule has 0 aliphatic heterocycles. The molecule has 0 saturated carbocycles. The minimum atomic E-state index is -0.167. The molecular weight excluding hydrogens is 245 g/mol. The molecule has 1 heterocycles. The lowest BCUT2D eigenvalue weighted by Gasteiger charge is -1.94. The third kappa shape index (κ3) is 1.73. The van der Waals surface area contributed by atoms with E-state index in [2.05, 4.69) is 27.9 Å². The van der Waals surface area contributed by atoms with Crippen molar-refractivity contribution in [2.75, 3.05) is 4.55 Å². The molecule has 3 nitrogen and oxygen atoms in total. The van der Waals surface area contributed by atoms with E-state index in [0.29, 0.717) is 10.3 Å². The van der Waals surface area contributed by atoms with Gasteiger partial charge in [-0.2, -0.15) is 0 Å². The maximum Gasteiger partial charge on any atom is 0.287 e. The van der Waals surface area contributed by atoms with Gasteiger partial charge in [-0.25, -0.2) is 0 Å². The molecule has 0 spiro atoms. The Morgan fingerprint density at radius 3 is 3.10 bits per heavy atom. The lowest BCUT2D eigenvalue weighted by molar-refractivity contribution is 0.0934. The fraction of sp³-hybridized carbons (Fsp3) is 0.167. The predicted octanol–water partition coefficient (Wildman–Crippen LogP) is 1.40. The number of halogens is 1. The van der Waals surface area contributed by atoms with Crippen LogP contribution in [0.3, 0.4) is 0 Å². The number of nitrogens with one attached hydrogen (secondary N) is 1. The van der Waals surface area contributed by atoms with Crippen LogP contribution < -0.4 is 5.32 Å². The van der Waals surface area contributed by atoms with Crippen molar-refractivity contribution in [3.8, 4) is 0 Å². The third-order valence-electron chi connectivity index (χ3n) is 0.972. The molecule has 54 valence electrons. The molecule has 0 unspecified atom stereocenters. The predicted molar refractivity (Wildman–Crippen MR) is 45.1 cm³/mol. The largest absolute Gasteiger partial charge is 0.459 e. The quantitative estimate of drug-likeness (QED) is 0.490. The SMILES string of the molecule is O=C(NCI)c1ccco1. The molecule has 0 bridgehead atoms. The number of alkyl halides is 1. The Hall–Kier alpha value is -0.520. The van der Waals surface area contributed by atoms with Gasteiger partial charge in [-0.05, 0) is 12.1 Å². The van der Waals surface area contributed by atoms with Gasteiger partial charge in [-0.3, -0.25) is 4.79 Å². The van der Waals surface area contributed by atoms with E-state index in [1.807, 2.05) is 0 Å². The first-order valence-electron chi connectivity index (χ1n) is 2.72. The van der Waals surface area contributed by atoms with E-state index in [9.17, 15) is 4.79 Å². The number of furan rings is 1. The van der Waals surface area contributed by atoms with Crippen molar-refractivity contribution in [1.82, 2.24) is 5.32 Å². The first-order valence-corrected chi connectivity index (χ1v) is 4.25. The summed E-state index contributed by atoms with van der Waals surface area (Å²) in [6.07, 6.45) is 1.47. The van der Waals surface area contributed by atoms with Crippen LogP contribution in [0.1, 0.15) is 10.6 Å². The Bertz CT molecular complexity index is 208. The normalized spacial score (nSPS) is 9.30. The average Bonchev–Trinajstić information content (AvgIpc) is 2.38. The summed E-state index contributed by atoms with van der Waals surface area (Å²) in [5.74, 6) is 0.191. The number of carbonyl (C=O) groups excluding carboxylic acids is 1. The molecule has 0 aliphatic carbocycles. The van der Waals surface area contributed by atoms with Gasteiger partial charge in [-0.1, -0.05) is 22.6 Å². The van der Waals surface area contributed by atoms with Crippen LogP contribution in [-0.4, -0.2) is 10.5 Å². The average molecular weight is 251 g/mol. The van der Waals surface area contributed by atoms with Gasteiger partial charge in [0.05, 0.1) is 10.8 Å². The first kappa shape index (κ1) is 7.59. The summed E-state index contributed by atoms with van der Waals surface area (Å²) >= 11 is 2.05. The summed E-state index contributed by atoms with van der Waals surface area (Å²) in [4.78, 5) is 10.9. The number of amides is 1. The van der Waals surface area contributed by atoms with Gasteiger partial charge in [0, 0.05) is 0 Å². The Morgan fingerprint density at radius 1 is 1.80 bits per heavy atom. The molecule has 0 fully saturated rings. The zero-order valence-electron chi connectivity index (χ0n) is 5.13. The summed E-state index contributed by atoms with van der Waals surface area (Å²) in [7, 11) is 0. The standard InChI is InChI=1S/C6H6INO2/c7-4-8-6(9)5-2-1-3-10-5/h1-3H,4H2,(H,8,9). The second-order valence-corrected chi connectivity index (χ2v) is 2.38. The number of carbonyl (C=O) groups is 1. The molecule has 1 rings (SSSR count). The topological polar surface area (TPSA) is 42.2 Å². The van der Waals surface area contributed by atoms with Gasteiger partial charge in [0.1, 0.15) is 0 Å². The molecule has 0 saturated heterocycles. The number of hydrogen-bond acceptors (Lipinski definition) is 2. The number of rotatable bonds is 2. The van der Waals surface area contributed by atoms with Gasteiger partial charge in [-0.15, -0.1) is 0 Å². The van der Waals surface area contributed by atoms with E-state index in [0.717, 1.165) is 0 Å². The molecule has 1 aromatic rings. The Labute approximate surface area is 71.9 Å². The number of hydrogen-bond donors (Lipinski definition) is 1. The van der Waals surface area contributed by atoms with E-state index < -0.39 is 0 Å². The summed E-state index contributed by atoms with van der Waals surface area (Å²) in [5, 5.41) is 2.60. The van der Waals surface area contributed by atoms with Crippen molar-refractivity contribution in [2.45, 2.75) is 0 Å². The zero-order chi connectivity index (χ0) is 7.40. The highest BCUT2D eigenvalue weighted by Gasteiger charge is 2.04. The van der Waals surface area contributed by atoms with Crippen molar-refractivity contribution in [3.63, 3.8) is 0 Å². The zero-order valence-corrected chi connectivity index (χ0v) is 7.29. The smallest absolute Gasteiger partial charge is 0.287 e. The lowest BCUT2D eigenvalue weighted by Crippen LogP contribution is -2.20. The Kier molecular flexibility index (Phi) is 2.73. The second kappa shape index (κ2) is 3.60. The van der Waals surface area contributed by atoms with Crippen LogP contribution in [0.5, 0.6) is 0 Å². The van der Waals surface area contributed by atoms with Crippen LogP contribution in [-0.2, 0) is 0 Å². The third-order valence-corrected chi connectivity index (χ3v) is 1.35. The van der Waals surface area contributed by atoms with Gasteiger partial charge in [0.15, 0.2) is 5.76 Å². The van der Waals surface area contributed by atoms with E-state index in [4.69, 9.17) is 4.42 Å². The van der Waals surface area contributed by atoms with Crippen molar-refractivity contribution < 1.29 is 9.21 Å². The highest BCUT2D eigenvalue weighted by atomic mass is 127. The molecule has 0 radical (unpaired) electrons.